The normalized spacial score (nSPS) is 32.9. The predicted octanol–water partition coefficient (Wildman–Crippen LogP) is 3.93. The molecule has 1 aromatic rings. The summed E-state index contributed by atoms with van der Waals surface area (Å²) in [5, 5.41) is 6.61. The molecule has 0 unspecified atom stereocenters. The van der Waals surface area contributed by atoms with Gasteiger partial charge in [-0.3, -0.25) is 9.59 Å². The highest BCUT2D eigenvalue weighted by Crippen LogP contribution is 2.59. The van der Waals surface area contributed by atoms with E-state index in [1.807, 2.05) is 10.0 Å². The van der Waals surface area contributed by atoms with Crippen LogP contribution in [0.5, 0.6) is 0 Å². The molecule has 0 aliphatic carbocycles. The summed E-state index contributed by atoms with van der Waals surface area (Å²) in [6.45, 7) is 9.13. The van der Waals surface area contributed by atoms with Gasteiger partial charge in [0.05, 0.1) is 11.6 Å². The molecule has 4 nitrogen and oxygen atoms in total. The van der Waals surface area contributed by atoms with Crippen LogP contribution in [0.4, 0.5) is 0 Å². The van der Waals surface area contributed by atoms with Crippen LogP contribution < -0.4 is 10.6 Å². The van der Waals surface area contributed by atoms with Crippen molar-refractivity contribution in [2.75, 3.05) is 0 Å². The van der Waals surface area contributed by atoms with Crippen molar-refractivity contribution in [1.29, 1.82) is 0 Å². The van der Waals surface area contributed by atoms with E-state index < -0.39 is 7.92 Å². The third kappa shape index (κ3) is 3.14. The monoisotopic (exact) mass is 404 g/mol. The van der Waals surface area contributed by atoms with Crippen LogP contribution in [0.25, 0.3) is 0 Å². The third-order valence-corrected chi connectivity index (χ3v) is 13.0. The highest BCUT2D eigenvalue weighted by molar-refractivity contribution is 7.73. The molecule has 2 amide bonds. The second-order valence-electron chi connectivity index (χ2n) is 8.17. The lowest BCUT2D eigenvalue weighted by Gasteiger charge is -2.30. The van der Waals surface area contributed by atoms with Gasteiger partial charge in [0, 0.05) is 12.8 Å². The Hall–Kier alpha value is -0.980. The molecule has 4 rings (SSSR count). The molecule has 27 heavy (non-hydrogen) atoms. The Kier molecular flexibility index (Phi) is 5.34. The predicted molar refractivity (Wildman–Crippen MR) is 114 cm³/mol. The fourth-order valence-electron chi connectivity index (χ4n) is 5.16. The van der Waals surface area contributed by atoms with Crippen molar-refractivity contribution >= 4 is 38.3 Å². The van der Waals surface area contributed by atoms with Crippen LogP contribution in [0.2, 0.25) is 0 Å². The van der Waals surface area contributed by atoms with Gasteiger partial charge in [-0.25, -0.2) is 10.0 Å². The first-order chi connectivity index (χ1) is 12.9. The summed E-state index contributed by atoms with van der Waals surface area (Å²) in [7, 11) is -0.804. The molecule has 3 saturated heterocycles. The van der Waals surface area contributed by atoms with Crippen molar-refractivity contribution in [3.8, 4) is 0 Å². The zero-order valence-corrected chi connectivity index (χ0v) is 18.5. The van der Waals surface area contributed by atoms with Crippen LogP contribution in [0.15, 0.2) is 24.3 Å². The van der Waals surface area contributed by atoms with Crippen molar-refractivity contribution in [3.05, 3.63) is 24.3 Å². The van der Waals surface area contributed by atoms with Gasteiger partial charge in [-0.1, -0.05) is 46.0 Å². The lowest BCUT2D eigenvalue weighted by Crippen LogP contribution is -2.47. The fraction of sp³-hybridized carbons (Fsp3) is 0.619. The van der Waals surface area contributed by atoms with E-state index in [1.165, 1.54) is 23.5 Å². The van der Waals surface area contributed by atoms with E-state index in [2.05, 4.69) is 52.0 Å². The fourth-order valence-corrected chi connectivity index (χ4v) is 12.1. The van der Waals surface area contributed by atoms with Crippen LogP contribution in [-0.4, -0.2) is 44.7 Å². The maximum Gasteiger partial charge on any atom is 0.241 e. The highest BCUT2D eigenvalue weighted by atomic mass is 31.1. The van der Waals surface area contributed by atoms with Crippen molar-refractivity contribution < 1.29 is 9.59 Å². The SMILES string of the molecule is C[C@@H]1CC[C@@H](C)P1c1ccccc1P1[C@H](C)N2C(=O)CCCC(=O)N2[C@H]1C. The molecule has 0 radical (unpaired) electrons. The number of carbonyl (C=O) groups excluding carboxylic acids is 2. The van der Waals surface area contributed by atoms with Gasteiger partial charge in [-0.2, -0.15) is 0 Å². The third-order valence-electron chi connectivity index (χ3n) is 6.43. The summed E-state index contributed by atoms with van der Waals surface area (Å²) in [6, 6.07) is 8.94. The molecular weight excluding hydrogens is 374 g/mol. The smallest absolute Gasteiger partial charge is 0.241 e. The van der Waals surface area contributed by atoms with E-state index in [-0.39, 0.29) is 31.3 Å². The van der Waals surface area contributed by atoms with Crippen LogP contribution >= 0.6 is 15.8 Å². The average molecular weight is 404 g/mol. The van der Waals surface area contributed by atoms with Gasteiger partial charge in [-0.05, 0) is 63.0 Å². The average Bonchev–Trinajstić information content (AvgIpc) is 3.04. The molecule has 1 aromatic carbocycles. The van der Waals surface area contributed by atoms with Gasteiger partial charge >= 0.3 is 0 Å². The molecule has 3 aliphatic heterocycles. The maximum absolute atomic E-state index is 12.8. The summed E-state index contributed by atoms with van der Waals surface area (Å²) in [5.41, 5.74) is 1.52. The zero-order chi connectivity index (χ0) is 19.3. The Morgan fingerprint density at radius 3 is 1.70 bits per heavy atom. The van der Waals surface area contributed by atoms with Gasteiger partial charge in [0.1, 0.15) is 0 Å². The van der Waals surface area contributed by atoms with Crippen LogP contribution in [0, 0.1) is 0 Å². The highest BCUT2D eigenvalue weighted by Gasteiger charge is 2.50. The molecule has 6 heteroatoms. The number of fused-ring (bicyclic) bond motifs is 1. The lowest BCUT2D eigenvalue weighted by molar-refractivity contribution is -0.160. The molecule has 0 aromatic heterocycles. The van der Waals surface area contributed by atoms with Crippen molar-refractivity contribution in [3.63, 3.8) is 0 Å². The number of benzene rings is 1. The number of amides is 2. The number of carbonyl (C=O) groups is 2. The quantitative estimate of drug-likeness (QED) is 0.701. The number of hydrogen-bond acceptors (Lipinski definition) is 2. The summed E-state index contributed by atoms with van der Waals surface area (Å²) in [4.78, 5) is 25.5. The van der Waals surface area contributed by atoms with Crippen LogP contribution in [-0.2, 0) is 9.59 Å². The molecule has 0 bridgehead atoms. The van der Waals surface area contributed by atoms with Crippen molar-refractivity contribution in [2.45, 2.75) is 82.7 Å². The van der Waals surface area contributed by atoms with Gasteiger partial charge < -0.3 is 0 Å². The summed E-state index contributed by atoms with van der Waals surface area (Å²) < 4.78 is 0. The first-order valence-corrected chi connectivity index (χ1v) is 13.2. The standard InChI is InChI=1S/C21H30N2O2P2/c1-14-12-13-15(2)26(14)18-8-5-6-9-19(18)27-16(3)22-20(24)10-7-11-21(25)23(22)17(27)4/h5-6,8-9,14-17H,7,10-13H2,1-4H3/t14-,15-,16-,17-/m1/s1. The molecule has 0 saturated carbocycles. The maximum atomic E-state index is 12.8. The first-order valence-electron chi connectivity index (χ1n) is 10.2. The largest absolute Gasteiger partial charge is 0.273 e. The number of rotatable bonds is 2. The molecule has 146 valence electrons. The second-order valence-corrected chi connectivity index (χ2v) is 14.0. The molecule has 4 atom stereocenters. The Morgan fingerprint density at radius 2 is 1.22 bits per heavy atom. The summed E-state index contributed by atoms with van der Waals surface area (Å²) in [5.74, 6) is 0.426. The van der Waals surface area contributed by atoms with Gasteiger partial charge in [0.25, 0.3) is 0 Å². The molecule has 0 N–H and O–H groups in total. The lowest BCUT2D eigenvalue weighted by atomic mass is 10.2. The van der Waals surface area contributed by atoms with E-state index in [9.17, 15) is 9.59 Å². The molecule has 3 heterocycles. The topological polar surface area (TPSA) is 40.6 Å². The number of nitrogens with zero attached hydrogens (tertiary/aromatic N) is 2. The summed E-state index contributed by atoms with van der Waals surface area (Å²) in [6.07, 6.45) is 4.30. The minimum Gasteiger partial charge on any atom is -0.273 e. The Labute approximate surface area is 165 Å². The van der Waals surface area contributed by atoms with E-state index in [4.69, 9.17) is 0 Å². The summed E-state index contributed by atoms with van der Waals surface area (Å²) >= 11 is 0. The minimum absolute atomic E-state index is 0.0916. The zero-order valence-electron chi connectivity index (χ0n) is 16.8. The van der Waals surface area contributed by atoms with E-state index in [0.717, 1.165) is 11.3 Å². The molecule has 3 aliphatic rings. The van der Waals surface area contributed by atoms with E-state index >= 15 is 0 Å². The Bertz CT molecular complexity index is 717. The molecular formula is C21H30N2O2P2. The number of hydrogen-bond donors (Lipinski definition) is 0. The minimum atomic E-state index is -0.627. The molecule has 0 spiro atoms. The second kappa shape index (κ2) is 7.45. The first kappa shape index (κ1) is 19.3. The van der Waals surface area contributed by atoms with Crippen LogP contribution in [0.3, 0.4) is 0 Å². The van der Waals surface area contributed by atoms with Gasteiger partial charge in [-0.15, -0.1) is 0 Å². The molecule has 3 fully saturated rings. The van der Waals surface area contributed by atoms with E-state index in [0.29, 0.717) is 19.3 Å². The van der Waals surface area contributed by atoms with Gasteiger partial charge in [0.15, 0.2) is 0 Å². The van der Waals surface area contributed by atoms with Crippen molar-refractivity contribution in [2.24, 2.45) is 0 Å². The van der Waals surface area contributed by atoms with Crippen LogP contribution in [0.1, 0.15) is 59.8 Å². The van der Waals surface area contributed by atoms with Gasteiger partial charge in [0.2, 0.25) is 11.8 Å². The Balaban J connectivity index is 1.76. The van der Waals surface area contributed by atoms with E-state index in [1.54, 1.807) is 0 Å². The van der Waals surface area contributed by atoms with Crippen molar-refractivity contribution in [1.82, 2.24) is 10.0 Å². The number of hydrazine groups is 1. The Morgan fingerprint density at radius 1 is 0.778 bits per heavy atom.